The Morgan fingerprint density at radius 2 is 1.91 bits per heavy atom. The van der Waals surface area contributed by atoms with E-state index in [1.807, 2.05) is 59.8 Å². The fraction of sp³-hybridized carbons (Fsp3) is 0.280. The van der Waals surface area contributed by atoms with E-state index in [-0.39, 0.29) is 0 Å². The topological polar surface area (TPSA) is 93.1 Å². The van der Waals surface area contributed by atoms with E-state index < -0.39 is 0 Å². The molecule has 8 nitrogen and oxygen atoms in total. The van der Waals surface area contributed by atoms with Gasteiger partial charge >= 0.3 is 0 Å². The van der Waals surface area contributed by atoms with Crippen LogP contribution >= 0.6 is 0 Å². The van der Waals surface area contributed by atoms with Gasteiger partial charge in [0.25, 0.3) is 0 Å². The standard InChI is InChI=1S/C25H29N7O/c1-4-21(5-2)31-16-20(15-29-31)25-24-10-11-28-32(24)17-23(30-25)19(12-26)14-27-13-18-6-8-22(33-3)9-7-18/h6-12,14-17,21,26-27H,4-5,13H2,1-3H3/b19-14+,26-12?. The number of fused-ring (bicyclic) bond motifs is 1. The van der Waals surface area contributed by atoms with E-state index in [9.17, 15) is 0 Å². The summed E-state index contributed by atoms with van der Waals surface area (Å²) in [6.45, 7) is 4.97. The molecule has 0 bridgehead atoms. The highest BCUT2D eigenvalue weighted by molar-refractivity contribution is 6.07. The largest absolute Gasteiger partial charge is 0.497 e. The van der Waals surface area contributed by atoms with Crippen LogP contribution in [0.5, 0.6) is 5.75 Å². The Labute approximate surface area is 193 Å². The van der Waals surface area contributed by atoms with Crippen LogP contribution in [0.15, 0.2) is 61.3 Å². The smallest absolute Gasteiger partial charge is 0.118 e. The number of aromatic nitrogens is 5. The molecule has 4 rings (SSSR count). The Kier molecular flexibility index (Phi) is 6.83. The lowest BCUT2D eigenvalue weighted by atomic mass is 10.1. The number of rotatable bonds is 10. The summed E-state index contributed by atoms with van der Waals surface area (Å²) in [5, 5.41) is 20.2. The highest BCUT2D eigenvalue weighted by atomic mass is 16.5. The van der Waals surface area contributed by atoms with Gasteiger partial charge in [-0.25, -0.2) is 9.50 Å². The molecule has 3 aromatic heterocycles. The van der Waals surface area contributed by atoms with Crippen LogP contribution in [-0.4, -0.2) is 37.7 Å². The lowest BCUT2D eigenvalue weighted by Crippen LogP contribution is -2.08. The van der Waals surface area contributed by atoms with Crippen LogP contribution < -0.4 is 10.1 Å². The van der Waals surface area contributed by atoms with Crippen LogP contribution in [-0.2, 0) is 6.54 Å². The number of allylic oxidation sites excluding steroid dienone is 1. The minimum atomic E-state index is 0.363. The maximum atomic E-state index is 7.95. The fourth-order valence-electron chi connectivity index (χ4n) is 3.81. The number of nitrogens with one attached hydrogen (secondary N) is 2. The Bertz CT molecular complexity index is 1250. The van der Waals surface area contributed by atoms with Crippen LogP contribution in [0.1, 0.15) is 44.0 Å². The van der Waals surface area contributed by atoms with Gasteiger partial charge in [-0.2, -0.15) is 10.2 Å². The molecule has 0 unspecified atom stereocenters. The number of hydrogen-bond donors (Lipinski definition) is 2. The molecule has 0 aliphatic carbocycles. The average molecular weight is 444 g/mol. The van der Waals surface area contributed by atoms with Crippen molar-refractivity contribution in [3.05, 3.63) is 72.6 Å². The Morgan fingerprint density at radius 1 is 1.12 bits per heavy atom. The Morgan fingerprint density at radius 3 is 2.61 bits per heavy atom. The van der Waals surface area contributed by atoms with E-state index in [0.29, 0.717) is 23.9 Å². The van der Waals surface area contributed by atoms with Crippen molar-refractivity contribution in [2.75, 3.05) is 7.11 Å². The fourth-order valence-corrected chi connectivity index (χ4v) is 3.81. The van der Waals surface area contributed by atoms with E-state index in [2.05, 4.69) is 29.4 Å². The van der Waals surface area contributed by atoms with Gasteiger partial charge in [0.05, 0.1) is 48.6 Å². The van der Waals surface area contributed by atoms with Gasteiger partial charge in [-0.3, -0.25) is 4.68 Å². The molecule has 1 aromatic carbocycles. The summed E-state index contributed by atoms with van der Waals surface area (Å²) >= 11 is 0. The van der Waals surface area contributed by atoms with E-state index in [1.165, 1.54) is 6.21 Å². The zero-order valence-electron chi connectivity index (χ0n) is 19.2. The van der Waals surface area contributed by atoms with E-state index in [0.717, 1.165) is 40.9 Å². The van der Waals surface area contributed by atoms with Crippen LogP contribution in [0.4, 0.5) is 0 Å². The van der Waals surface area contributed by atoms with E-state index in [1.54, 1.807) is 17.8 Å². The van der Waals surface area contributed by atoms with Gasteiger partial charge in [0.2, 0.25) is 0 Å². The Balaban J connectivity index is 1.63. The third-order valence-electron chi connectivity index (χ3n) is 5.76. The summed E-state index contributed by atoms with van der Waals surface area (Å²) in [6, 6.07) is 10.2. The highest BCUT2D eigenvalue weighted by Gasteiger charge is 2.15. The molecule has 3 heterocycles. The highest BCUT2D eigenvalue weighted by Crippen LogP contribution is 2.26. The van der Waals surface area contributed by atoms with Gasteiger partial charge in [0, 0.05) is 36.3 Å². The molecule has 0 spiro atoms. The van der Waals surface area contributed by atoms with Crippen molar-refractivity contribution in [2.24, 2.45) is 0 Å². The van der Waals surface area contributed by atoms with Gasteiger partial charge < -0.3 is 15.5 Å². The molecule has 33 heavy (non-hydrogen) atoms. The van der Waals surface area contributed by atoms with Gasteiger partial charge in [0.15, 0.2) is 0 Å². The van der Waals surface area contributed by atoms with Gasteiger partial charge in [-0.05, 0) is 36.6 Å². The average Bonchev–Trinajstić information content (AvgIpc) is 3.52. The van der Waals surface area contributed by atoms with Crippen molar-refractivity contribution < 1.29 is 4.74 Å². The number of ether oxygens (including phenoxy) is 1. The minimum absolute atomic E-state index is 0.363. The number of nitrogens with zero attached hydrogens (tertiary/aromatic N) is 5. The first-order valence-electron chi connectivity index (χ1n) is 11.1. The van der Waals surface area contributed by atoms with Gasteiger partial charge in [-0.15, -0.1) is 0 Å². The summed E-state index contributed by atoms with van der Waals surface area (Å²) in [5.74, 6) is 0.825. The van der Waals surface area contributed by atoms with Crippen molar-refractivity contribution in [1.29, 1.82) is 5.41 Å². The molecule has 0 aliphatic heterocycles. The third kappa shape index (κ3) is 4.79. The van der Waals surface area contributed by atoms with Crippen molar-refractivity contribution in [3.8, 4) is 17.0 Å². The molecular weight excluding hydrogens is 414 g/mol. The second kappa shape index (κ2) is 10.1. The third-order valence-corrected chi connectivity index (χ3v) is 5.76. The predicted molar refractivity (Wildman–Crippen MR) is 130 cm³/mol. The van der Waals surface area contributed by atoms with Crippen LogP contribution in [0.2, 0.25) is 0 Å². The summed E-state index contributed by atoms with van der Waals surface area (Å²) in [4.78, 5) is 4.90. The SMILES string of the molecule is CCC(CC)n1cc(-c2nc(/C(C=N)=C/NCc3ccc(OC)cc3)cn3nccc23)cn1. The second-order valence-corrected chi connectivity index (χ2v) is 7.79. The lowest BCUT2D eigenvalue weighted by Gasteiger charge is -2.12. The summed E-state index contributed by atoms with van der Waals surface area (Å²) in [5.41, 5.74) is 5.07. The maximum Gasteiger partial charge on any atom is 0.118 e. The van der Waals surface area contributed by atoms with Crippen molar-refractivity contribution in [1.82, 2.24) is 29.7 Å². The Hall–Kier alpha value is -3.94. The molecule has 0 amide bonds. The molecule has 0 fully saturated rings. The maximum absolute atomic E-state index is 7.95. The predicted octanol–water partition coefficient (Wildman–Crippen LogP) is 4.74. The van der Waals surface area contributed by atoms with Gasteiger partial charge in [-0.1, -0.05) is 26.0 Å². The molecule has 8 heteroatoms. The molecule has 0 saturated heterocycles. The molecule has 0 radical (unpaired) electrons. The first-order chi connectivity index (χ1) is 16.2. The minimum Gasteiger partial charge on any atom is -0.497 e. The van der Waals surface area contributed by atoms with E-state index in [4.69, 9.17) is 15.1 Å². The first kappa shape index (κ1) is 22.3. The first-order valence-corrected chi connectivity index (χ1v) is 11.1. The van der Waals surface area contributed by atoms with Crippen LogP contribution in [0, 0.1) is 5.41 Å². The molecule has 0 atom stereocenters. The zero-order chi connectivity index (χ0) is 23.2. The van der Waals surface area contributed by atoms with Crippen LogP contribution in [0.25, 0.3) is 22.3 Å². The monoisotopic (exact) mass is 443 g/mol. The molecule has 2 N–H and O–H groups in total. The van der Waals surface area contributed by atoms with Crippen molar-refractivity contribution >= 4 is 17.3 Å². The van der Waals surface area contributed by atoms with Crippen molar-refractivity contribution in [3.63, 3.8) is 0 Å². The van der Waals surface area contributed by atoms with Crippen LogP contribution in [0.3, 0.4) is 0 Å². The number of hydrogen-bond acceptors (Lipinski definition) is 6. The normalized spacial score (nSPS) is 11.8. The quantitative estimate of drug-likeness (QED) is 0.345. The summed E-state index contributed by atoms with van der Waals surface area (Å²) < 4.78 is 9.02. The zero-order valence-corrected chi connectivity index (χ0v) is 19.2. The number of benzene rings is 1. The lowest BCUT2D eigenvalue weighted by molar-refractivity contribution is 0.414. The van der Waals surface area contributed by atoms with Crippen molar-refractivity contribution in [2.45, 2.75) is 39.3 Å². The molecule has 170 valence electrons. The second-order valence-electron chi connectivity index (χ2n) is 7.79. The van der Waals surface area contributed by atoms with Gasteiger partial charge in [0.1, 0.15) is 5.75 Å². The molecular formula is C25H29N7O. The summed E-state index contributed by atoms with van der Waals surface area (Å²) in [7, 11) is 1.65. The molecule has 4 aromatic rings. The van der Waals surface area contributed by atoms with E-state index >= 15 is 0 Å². The summed E-state index contributed by atoms with van der Waals surface area (Å²) in [6.07, 6.45) is 12.7. The molecule has 0 aliphatic rings. The number of methoxy groups -OCH3 is 1. The molecule has 0 saturated carbocycles.